The maximum absolute atomic E-state index is 5.27. The fourth-order valence-corrected chi connectivity index (χ4v) is 2.48. The molecule has 0 amide bonds. The summed E-state index contributed by atoms with van der Waals surface area (Å²) in [6.07, 6.45) is 0. The molecule has 1 nitrogen and oxygen atoms in total. The molecule has 0 bridgehead atoms. The van der Waals surface area contributed by atoms with Crippen molar-refractivity contribution in [3.63, 3.8) is 0 Å². The van der Waals surface area contributed by atoms with E-state index in [1.54, 1.807) is 0 Å². The minimum atomic E-state index is 0.183. The van der Waals surface area contributed by atoms with Crippen molar-refractivity contribution in [1.82, 2.24) is 4.90 Å². The molecule has 3 heteroatoms. The molecule has 1 aliphatic heterocycles. The van der Waals surface area contributed by atoms with E-state index in [1.807, 2.05) is 11.8 Å². The Hall–Kier alpha value is 0.240. The Labute approximate surface area is 72.2 Å². The predicted molar refractivity (Wildman–Crippen MR) is 51.8 cm³/mol. The van der Waals surface area contributed by atoms with Gasteiger partial charge in [0.1, 0.15) is 0 Å². The molecule has 1 heterocycles. The highest BCUT2D eigenvalue weighted by Crippen LogP contribution is 2.30. The van der Waals surface area contributed by atoms with E-state index in [-0.39, 0.29) is 4.75 Å². The summed E-state index contributed by atoms with van der Waals surface area (Å²) < 4.78 is 0.183. The van der Waals surface area contributed by atoms with Crippen LogP contribution in [0.15, 0.2) is 0 Å². The minimum absolute atomic E-state index is 0.183. The molecule has 0 atom stereocenters. The molecule has 0 saturated carbocycles. The largest absolute Gasteiger partial charge is 0.367 e. The molecule has 1 fully saturated rings. The van der Waals surface area contributed by atoms with Gasteiger partial charge in [-0.25, -0.2) is 0 Å². The highest BCUT2D eigenvalue weighted by molar-refractivity contribution is 8.02. The summed E-state index contributed by atoms with van der Waals surface area (Å²) in [4.78, 5) is 3.26. The van der Waals surface area contributed by atoms with Crippen LogP contribution in [-0.4, -0.2) is 34.0 Å². The fourth-order valence-electron chi connectivity index (χ4n) is 1.06. The average Bonchev–Trinajstić information content (AvgIpc) is 1.83. The van der Waals surface area contributed by atoms with E-state index in [4.69, 9.17) is 12.2 Å². The Kier molecular flexibility index (Phi) is 2.25. The smallest absolute Gasteiger partial charge is 0.0934 e. The summed E-state index contributed by atoms with van der Waals surface area (Å²) in [7, 11) is 2.07. The van der Waals surface area contributed by atoms with E-state index in [1.165, 1.54) is 5.75 Å². The molecule has 0 aromatic heterocycles. The lowest BCUT2D eigenvalue weighted by Gasteiger charge is -2.37. The van der Waals surface area contributed by atoms with Gasteiger partial charge in [0.2, 0.25) is 0 Å². The first-order valence-electron chi connectivity index (χ1n) is 3.43. The molecule has 10 heavy (non-hydrogen) atoms. The van der Waals surface area contributed by atoms with Crippen molar-refractivity contribution in [3.8, 4) is 0 Å². The Balaban J connectivity index is 2.70. The molecule has 0 N–H and O–H groups in total. The third kappa shape index (κ3) is 1.45. The maximum atomic E-state index is 5.27. The average molecular weight is 175 g/mol. The van der Waals surface area contributed by atoms with Crippen LogP contribution in [0.2, 0.25) is 0 Å². The van der Waals surface area contributed by atoms with Crippen molar-refractivity contribution < 1.29 is 0 Å². The van der Waals surface area contributed by atoms with Gasteiger partial charge >= 0.3 is 0 Å². The Morgan fingerprint density at radius 1 is 1.60 bits per heavy atom. The molecule has 0 aromatic rings. The summed E-state index contributed by atoms with van der Waals surface area (Å²) in [6, 6.07) is 0. The van der Waals surface area contributed by atoms with Gasteiger partial charge in [0.05, 0.1) is 9.74 Å². The van der Waals surface area contributed by atoms with Gasteiger partial charge in [-0.15, -0.1) is 11.8 Å². The fraction of sp³-hybridized carbons (Fsp3) is 0.857. The summed E-state index contributed by atoms with van der Waals surface area (Å²) >= 11 is 7.22. The minimum Gasteiger partial charge on any atom is -0.367 e. The second kappa shape index (κ2) is 2.70. The van der Waals surface area contributed by atoms with Crippen LogP contribution in [0.25, 0.3) is 0 Å². The normalized spacial score (nSPS) is 25.1. The summed E-state index contributed by atoms with van der Waals surface area (Å²) in [5.41, 5.74) is 0. The zero-order valence-corrected chi connectivity index (χ0v) is 8.31. The van der Waals surface area contributed by atoms with Crippen molar-refractivity contribution in [2.75, 3.05) is 19.3 Å². The molecular weight excluding hydrogens is 162 g/mol. The highest BCUT2D eigenvalue weighted by atomic mass is 32.2. The van der Waals surface area contributed by atoms with Gasteiger partial charge in [-0.1, -0.05) is 12.2 Å². The molecule has 0 aromatic carbocycles. The van der Waals surface area contributed by atoms with Crippen molar-refractivity contribution in [2.45, 2.75) is 18.6 Å². The third-order valence-electron chi connectivity index (χ3n) is 1.75. The van der Waals surface area contributed by atoms with Crippen LogP contribution in [0, 0.1) is 0 Å². The van der Waals surface area contributed by atoms with Gasteiger partial charge in [-0.05, 0) is 13.8 Å². The van der Waals surface area contributed by atoms with E-state index in [9.17, 15) is 0 Å². The van der Waals surface area contributed by atoms with Crippen molar-refractivity contribution in [3.05, 3.63) is 0 Å². The van der Waals surface area contributed by atoms with Gasteiger partial charge < -0.3 is 4.90 Å². The predicted octanol–water partition coefficient (Wildman–Crippen LogP) is 1.77. The lowest BCUT2D eigenvalue weighted by molar-refractivity contribution is 0.515. The lowest BCUT2D eigenvalue weighted by Crippen LogP contribution is -2.45. The number of hydrogen-bond donors (Lipinski definition) is 0. The van der Waals surface area contributed by atoms with Crippen LogP contribution in [0.1, 0.15) is 13.8 Å². The van der Waals surface area contributed by atoms with Crippen LogP contribution >= 0.6 is 24.0 Å². The molecule has 0 spiro atoms. The Morgan fingerprint density at radius 3 is 2.60 bits per heavy atom. The number of nitrogens with zero attached hydrogens (tertiary/aromatic N) is 1. The van der Waals surface area contributed by atoms with Gasteiger partial charge in [-0.3, -0.25) is 0 Å². The number of rotatable bonds is 0. The van der Waals surface area contributed by atoms with Crippen LogP contribution in [0.3, 0.4) is 0 Å². The zero-order valence-electron chi connectivity index (χ0n) is 6.68. The van der Waals surface area contributed by atoms with Crippen molar-refractivity contribution in [1.29, 1.82) is 0 Å². The Morgan fingerprint density at radius 2 is 2.20 bits per heavy atom. The van der Waals surface area contributed by atoms with Gasteiger partial charge in [0, 0.05) is 19.3 Å². The molecule has 1 aliphatic rings. The molecule has 1 rings (SSSR count). The summed E-state index contributed by atoms with van der Waals surface area (Å²) in [5.74, 6) is 1.20. The van der Waals surface area contributed by atoms with E-state index in [2.05, 4.69) is 25.8 Å². The molecule has 58 valence electrons. The Bertz CT molecular complexity index is 154. The van der Waals surface area contributed by atoms with Crippen LogP contribution in [0.5, 0.6) is 0 Å². The monoisotopic (exact) mass is 175 g/mol. The van der Waals surface area contributed by atoms with E-state index < -0.39 is 0 Å². The van der Waals surface area contributed by atoms with Gasteiger partial charge in [0.25, 0.3) is 0 Å². The second-order valence-electron chi connectivity index (χ2n) is 3.09. The van der Waals surface area contributed by atoms with E-state index in [0.717, 1.165) is 11.5 Å². The van der Waals surface area contributed by atoms with Crippen molar-refractivity contribution in [2.24, 2.45) is 0 Å². The van der Waals surface area contributed by atoms with Crippen LogP contribution in [0.4, 0.5) is 0 Å². The molecule has 0 unspecified atom stereocenters. The maximum Gasteiger partial charge on any atom is 0.0934 e. The number of thiocarbonyl (C=S) groups is 1. The first kappa shape index (κ1) is 8.34. The third-order valence-corrected chi connectivity index (χ3v) is 4.00. The molecule has 0 radical (unpaired) electrons. The second-order valence-corrected chi connectivity index (χ2v) is 5.19. The topological polar surface area (TPSA) is 3.24 Å². The highest BCUT2D eigenvalue weighted by Gasteiger charge is 2.30. The summed E-state index contributed by atoms with van der Waals surface area (Å²) in [5, 5.41) is 0. The first-order valence-corrected chi connectivity index (χ1v) is 4.83. The summed E-state index contributed by atoms with van der Waals surface area (Å²) in [6.45, 7) is 5.48. The molecule has 0 aliphatic carbocycles. The lowest BCUT2D eigenvalue weighted by atomic mass is 10.2. The number of hydrogen-bond acceptors (Lipinski definition) is 2. The zero-order chi connectivity index (χ0) is 7.78. The van der Waals surface area contributed by atoms with E-state index >= 15 is 0 Å². The van der Waals surface area contributed by atoms with Crippen LogP contribution in [-0.2, 0) is 0 Å². The van der Waals surface area contributed by atoms with Crippen LogP contribution < -0.4 is 0 Å². The van der Waals surface area contributed by atoms with Gasteiger partial charge in [-0.2, -0.15) is 0 Å². The first-order chi connectivity index (χ1) is 4.54. The van der Waals surface area contributed by atoms with Gasteiger partial charge in [0.15, 0.2) is 0 Å². The standard InChI is InChI=1S/C7H13NS2/c1-7(2)6(9)8(3)4-5-10-7/h4-5H2,1-3H3. The quantitative estimate of drug-likeness (QED) is 0.517. The van der Waals surface area contributed by atoms with Crippen molar-refractivity contribution >= 4 is 29.0 Å². The molecule has 1 saturated heterocycles. The SMILES string of the molecule is CN1CCSC(C)(C)C1=S. The van der Waals surface area contributed by atoms with E-state index in [0.29, 0.717) is 0 Å². The molecular formula is C7H13NS2. The number of thioether (sulfide) groups is 1.